The van der Waals surface area contributed by atoms with Gasteiger partial charge in [0.2, 0.25) is 10.0 Å². The lowest BCUT2D eigenvalue weighted by Crippen LogP contribution is -2.33. The van der Waals surface area contributed by atoms with Gasteiger partial charge in [0.25, 0.3) is 0 Å². The first kappa shape index (κ1) is 14.6. The zero-order valence-electron chi connectivity index (χ0n) is 10.3. The van der Waals surface area contributed by atoms with Gasteiger partial charge in [0.15, 0.2) is 5.25 Å². The number of halogens is 1. The van der Waals surface area contributed by atoms with E-state index in [9.17, 15) is 12.8 Å². The molecule has 0 radical (unpaired) electrons. The first-order valence-corrected chi connectivity index (χ1v) is 7.04. The van der Waals surface area contributed by atoms with Crippen LogP contribution in [0.1, 0.15) is 18.1 Å². The fourth-order valence-corrected chi connectivity index (χ4v) is 2.24. The van der Waals surface area contributed by atoms with Gasteiger partial charge in [-0.05, 0) is 43.5 Å². The first-order chi connectivity index (χ1) is 8.36. The Morgan fingerprint density at radius 3 is 2.72 bits per heavy atom. The number of nitrogens with zero attached hydrogens (tertiary/aromatic N) is 1. The van der Waals surface area contributed by atoms with Gasteiger partial charge in [-0.2, -0.15) is 5.26 Å². The molecule has 1 N–H and O–H groups in total. The van der Waals surface area contributed by atoms with Crippen LogP contribution in [0.25, 0.3) is 0 Å². The second-order valence-electron chi connectivity index (χ2n) is 4.03. The minimum atomic E-state index is -3.59. The van der Waals surface area contributed by atoms with E-state index in [0.717, 1.165) is 11.1 Å². The molecule has 0 aliphatic heterocycles. The highest BCUT2D eigenvalue weighted by atomic mass is 32.2. The largest absolute Gasteiger partial charge is 0.227 e. The monoisotopic (exact) mass is 270 g/mol. The molecule has 1 aromatic rings. The van der Waals surface area contributed by atoms with Gasteiger partial charge < -0.3 is 0 Å². The van der Waals surface area contributed by atoms with E-state index in [1.54, 1.807) is 19.1 Å². The third-order valence-electron chi connectivity index (χ3n) is 2.65. The molecule has 0 saturated carbocycles. The van der Waals surface area contributed by atoms with Crippen molar-refractivity contribution in [3.63, 3.8) is 0 Å². The van der Waals surface area contributed by atoms with Gasteiger partial charge in [-0.15, -0.1) is 0 Å². The van der Waals surface area contributed by atoms with Crippen molar-refractivity contribution >= 4 is 10.0 Å². The summed E-state index contributed by atoms with van der Waals surface area (Å²) in [7, 11) is -3.59. The SMILES string of the molecule is Cc1cc(F)ccc1CCNS(=O)(=O)C(C)C#N. The molecule has 0 amide bonds. The van der Waals surface area contributed by atoms with Gasteiger partial charge in [-0.3, -0.25) is 0 Å². The average Bonchev–Trinajstić information content (AvgIpc) is 2.30. The molecular formula is C12H15FN2O2S. The lowest BCUT2D eigenvalue weighted by molar-refractivity contribution is 0.577. The van der Waals surface area contributed by atoms with Crippen molar-refractivity contribution in [3.8, 4) is 6.07 Å². The normalized spacial score (nSPS) is 13.0. The van der Waals surface area contributed by atoms with Gasteiger partial charge in [-0.25, -0.2) is 17.5 Å². The summed E-state index contributed by atoms with van der Waals surface area (Å²) >= 11 is 0. The van der Waals surface area contributed by atoms with E-state index in [1.807, 2.05) is 0 Å². The Hall–Kier alpha value is -1.45. The van der Waals surface area contributed by atoms with Crippen LogP contribution in [-0.4, -0.2) is 20.2 Å². The van der Waals surface area contributed by atoms with Gasteiger partial charge in [-0.1, -0.05) is 6.07 Å². The lowest BCUT2D eigenvalue weighted by Gasteiger charge is -2.09. The molecule has 4 nitrogen and oxygen atoms in total. The summed E-state index contributed by atoms with van der Waals surface area (Å²) in [6, 6.07) is 6.05. The molecule has 0 aromatic heterocycles. The predicted molar refractivity (Wildman–Crippen MR) is 66.8 cm³/mol. The quantitative estimate of drug-likeness (QED) is 0.881. The Bertz CT molecular complexity index is 564. The van der Waals surface area contributed by atoms with E-state index < -0.39 is 15.3 Å². The molecule has 98 valence electrons. The van der Waals surface area contributed by atoms with Crippen molar-refractivity contribution in [3.05, 3.63) is 35.1 Å². The summed E-state index contributed by atoms with van der Waals surface area (Å²) in [5.74, 6) is -0.310. The molecule has 6 heteroatoms. The van der Waals surface area contributed by atoms with Crippen molar-refractivity contribution in [2.24, 2.45) is 0 Å². The van der Waals surface area contributed by atoms with E-state index in [2.05, 4.69) is 4.72 Å². The first-order valence-electron chi connectivity index (χ1n) is 5.50. The Morgan fingerprint density at radius 2 is 2.17 bits per heavy atom. The summed E-state index contributed by atoms with van der Waals surface area (Å²) in [5.41, 5.74) is 1.66. The maximum Gasteiger partial charge on any atom is 0.227 e. The van der Waals surface area contributed by atoms with Crippen molar-refractivity contribution < 1.29 is 12.8 Å². The summed E-state index contributed by atoms with van der Waals surface area (Å²) < 4.78 is 38.2. The number of nitrogens with one attached hydrogen (secondary N) is 1. The highest BCUT2D eigenvalue weighted by Crippen LogP contribution is 2.10. The van der Waals surface area contributed by atoms with Crippen LogP contribution < -0.4 is 4.72 Å². The van der Waals surface area contributed by atoms with Crippen molar-refractivity contribution in [1.29, 1.82) is 5.26 Å². The summed E-state index contributed by atoms with van der Waals surface area (Å²) in [6.45, 7) is 3.29. The molecule has 18 heavy (non-hydrogen) atoms. The number of benzene rings is 1. The lowest BCUT2D eigenvalue weighted by atomic mass is 10.1. The van der Waals surface area contributed by atoms with Gasteiger partial charge in [0, 0.05) is 6.54 Å². The van der Waals surface area contributed by atoms with Crippen LogP contribution in [0, 0.1) is 24.1 Å². The number of hydrogen-bond donors (Lipinski definition) is 1. The maximum atomic E-state index is 12.9. The maximum absolute atomic E-state index is 12.9. The number of rotatable bonds is 5. The van der Waals surface area contributed by atoms with E-state index in [4.69, 9.17) is 5.26 Å². The summed E-state index contributed by atoms with van der Waals surface area (Å²) in [5, 5.41) is 7.47. The van der Waals surface area contributed by atoms with E-state index in [0.29, 0.717) is 6.42 Å². The van der Waals surface area contributed by atoms with Crippen LogP contribution in [0.2, 0.25) is 0 Å². The average molecular weight is 270 g/mol. The minimum absolute atomic E-state index is 0.195. The summed E-state index contributed by atoms with van der Waals surface area (Å²) in [4.78, 5) is 0. The van der Waals surface area contributed by atoms with Crippen LogP contribution >= 0.6 is 0 Å². The molecule has 0 spiro atoms. The third-order valence-corrected chi connectivity index (χ3v) is 4.29. The summed E-state index contributed by atoms with van der Waals surface area (Å²) in [6.07, 6.45) is 0.462. The van der Waals surface area contributed by atoms with Crippen LogP contribution in [0.4, 0.5) is 4.39 Å². The standard InChI is InChI=1S/C12H15FN2O2S/c1-9-7-12(13)4-3-11(9)5-6-15-18(16,17)10(2)8-14/h3-4,7,10,15H,5-6H2,1-2H3. The molecule has 0 heterocycles. The molecule has 0 aliphatic carbocycles. The van der Waals surface area contributed by atoms with Crippen molar-refractivity contribution in [2.75, 3.05) is 6.54 Å². The van der Waals surface area contributed by atoms with Crippen LogP contribution in [0.15, 0.2) is 18.2 Å². The third kappa shape index (κ3) is 3.79. The van der Waals surface area contributed by atoms with Gasteiger partial charge in [0.05, 0.1) is 6.07 Å². The Morgan fingerprint density at radius 1 is 1.50 bits per heavy atom. The molecule has 0 fully saturated rings. The van der Waals surface area contributed by atoms with Crippen LogP contribution in [-0.2, 0) is 16.4 Å². The predicted octanol–water partition coefficient (Wildman–Crippen LogP) is 1.51. The van der Waals surface area contributed by atoms with E-state index >= 15 is 0 Å². The topological polar surface area (TPSA) is 70.0 Å². The highest BCUT2D eigenvalue weighted by Gasteiger charge is 2.18. The Labute approximate surface area is 106 Å². The zero-order chi connectivity index (χ0) is 13.8. The van der Waals surface area contributed by atoms with Gasteiger partial charge in [0.1, 0.15) is 5.82 Å². The fourth-order valence-electron chi connectivity index (χ4n) is 1.46. The number of hydrogen-bond acceptors (Lipinski definition) is 3. The molecule has 1 unspecified atom stereocenters. The highest BCUT2D eigenvalue weighted by molar-refractivity contribution is 7.90. The van der Waals surface area contributed by atoms with Crippen molar-refractivity contribution in [1.82, 2.24) is 4.72 Å². The zero-order valence-corrected chi connectivity index (χ0v) is 11.1. The van der Waals surface area contributed by atoms with Crippen LogP contribution in [0.5, 0.6) is 0 Å². The smallest absolute Gasteiger partial charge is 0.214 e. The minimum Gasteiger partial charge on any atom is -0.214 e. The second kappa shape index (κ2) is 5.94. The van der Waals surface area contributed by atoms with E-state index in [1.165, 1.54) is 19.1 Å². The number of sulfonamides is 1. The Kier molecular flexibility index (Phi) is 4.82. The fraction of sp³-hybridized carbons (Fsp3) is 0.417. The molecule has 0 bridgehead atoms. The molecule has 0 saturated heterocycles. The number of aryl methyl sites for hydroxylation is 1. The molecule has 1 atom stereocenters. The number of nitriles is 1. The van der Waals surface area contributed by atoms with Crippen molar-refractivity contribution in [2.45, 2.75) is 25.5 Å². The Balaban J connectivity index is 2.60. The van der Waals surface area contributed by atoms with E-state index in [-0.39, 0.29) is 12.4 Å². The molecular weight excluding hydrogens is 255 g/mol. The molecule has 1 rings (SSSR count). The molecule has 0 aliphatic rings. The van der Waals surface area contributed by atoms with Crippen LogP contribution in [0.3, 0.4) is 0 Å². The second-order valence-corrected chi connectivity index (χ2v) is 6.12. The van der Waals surface area contributed by atoms with Gasteiger partial charge >= 0.3 is 0 Å². The molecule has 1 aromatic carbocycles.